The van der Waals surface area contributed by atoms with E-state index >= 15 is 0 Å². The summed E-state index contributed by atoms with van der Waals surface area (Å²) in [4.78, 5) is 14.7. The topological polar surface area (TPSA) is 77.2 Å². The van der Waals surface area contributed by atoms with Crippen molar-refractivity contribution < 1.29 is 4.74 Å². The molecule has 6 nitrogen and oxygen atoms in total. The summed E-state index contributed by atoms with van der Waals surface area (Å²) in [5.41, 5.74) is 5.77. The van der Waals surface area contributed by atoms with E-state index in [0.29, 0.717) is 11.7 Å². The highest BCUT2D eigenvalue weighted by atomic mass is 79.9. The number of nitrogens with zero attached hydrogens (tertiary/aromatic N) is 4. The van der Waals surface area contributed by atoms with E-state index in [-0.39, 0.29) is 12.0 Å². The van der Waals surface area contributed by atoms with Crippen LogP contribution in [0.1, 0.15) is 19.3 Å². The molecule has 0 radical (unpaired) electrons. The van der Waals surface area contributed by atoms with Crippen molar-refractivity contribution in [3.8, 4) is 11.8 Å². The molecule has 2 aromatic rings. The van der Waals surface area contributed by atoms with Gasteiger partial charge in [0.05, 0.1) is 0 Å². The van der Waals surface area contributed by atoms with Crippen LogP contribution in [-0.2, 0) is 0 Å². The van der Waals surface area contributed by atoms with E-state index in [9.17, 15) is 0 Å². The van der Waals surface area contributed by atoms with Crippen LogP contribution in [0.15, 0.2) is 28.7 Å². The van der Waals surface area contributed by atoms with Crippen molar-refractivity contribution in [1.82, 2.24) is 15.0 Å². The summed E-state index contributed by atoms with van der Waals surface area (Å²) in [6, 6.07) is 7.72. The van der Waals surface area contributed by atoms with Crippen molar-refractivity contribution in [1.29, 1.82) is 0 Å². The van der Waals surface area contributed by atoms with Gasteiger partial charge in [0.2, 0.25) is 11.9 Å². The molecule has 0 bridgehead atoms. The molecule has 7 heteroatoms. The molecule has 0 unspecified atom stereocenters. The van der Waals surface area contributed by atoms with E-state index in [2.05, 4.69) is 35.8 Å². The van der Waals surface area contributed by atoms with Crippen molar-refractivity contribution >= 4 is 27.8 Å². The molecule has 1 aromatic heterocycles. The monoisotopic (exact) mass is 349 g/mol. The van der Waals surface area contributed by atoms with Crippen molar-refractivity contribution in [2.45, 2.75) is 19.3 Å². The zero-order valence-corrected chi connectivity index (χ0v) is 13.1. The number of hydrogen-bond donors (Lipinski definition) is 1. The van der Waals surface area contributed by atoms with Gasteiger partial charge in [-0.15, -0.1) is 0 Å². The Balaban J connectivity index is 1.83. The van der Waals surface area contributed by atoms with Crippen molar-refractivity contribution in [2.75, 3.05) is 23.7 Å². The molecule has 1 aliphatic heterocycles. The quantitative estimate of drug-likeness (QED) is 0.917. The van der Waals surface area contributed by atoms with Crippen molar-refractivity contribution in [3.63, 3.8) is 0 Å². The van der Waals surface area contributed by atoms with Crippen LogP contribution in [0.4, 0.5) is 11.9 Å². The van der Waals surface area contributed by atoms with Gasteiger partial charge < -0.3 is 15.4 Å². The fourth-order valence-electron chi connectivity index (χ4n) is 2.28. The molecular weight excluding hydrogens is 334 g/mol. The minimum Gasteiger partial charge on any atom is -0.424 e. The average Bonchev–Trinajstić information content (AvgIpc) is 2.47. The molecule has 2 N–H and O–H groups in total. The lowest BCUT2D eigenvalue weighted by Gasteiger charge is -2.26. The third kappa shape index (κ3) is 3.60. The standard InChI is InChI=1S/C14H16BrN5O/c15-10-5-4-6-11(9-10)21-14-18-12(16)17-13(19-14)20-7-2-1-3-8-20/h4-6,9H,1-3,7-8H2,(H2,16,17,18,19). The van der Waals surface area contributed by atoms with Gasteiger partial charge in [-0.3, -0.25) is 0 Å². The van der Waals surface area contributed by atoms with Crippen molar-refractivity contribution in [3.05, 3.63) is 28.7 Å². The van der Waals surface area contributed by atoms with Gasteiger partial charge in [0, 0.05) is 17.6 Å². The number of hydrogen-bond acceptors (Lipinski definition) is 6. The predicted molar refractivity (Wildman–Crippen MR) is 84.5 cm³/mol. The summed E-state index contributed by atoms with van der Waals surface area (Å²) < 4.78 is 6.60. The Morgan fingerprint density at radius 1 is 1.10 bits per heavy atom. The van der Waals surface area contributed by atoms with Crippen molar-refractivity contribution in [2.24, 2.45) is 0 Å². The summed E-state index contributed by atoms with van der Waals surface area (Å²) in [6.07, 6.45) is 3.54. The second kappa shape index (κ2) is 6.26. The predicted octanol–water partition coefficient (Wildman–Crippen LogP) is 3.00. The molecule has 0 saturated carbocycles. The van der Waals surface area contributed by atoms with Crippen LogP contribution in [0, 0.1) is 0 Å². The third-order valence-corrected chi connectivity index (χ3v) is 3.76. The molecule has 0 aliphatic carbocycles. The van der Waals surface area contributed by atoms with Crippen LogP contribution < -0.4 is 15.4 Å². The number of rotatable bonds is 3. The van der Waals surface area contributed by atoms with Gasteiger partial charge in [0.1, 0.15) is 5.75 Å². The lowest BCUT2D eigenvalue weighted by molar-refractivity contribution is 0.438. The number of anilines is 2. The summed E-state index contributed by atoms with van der Waals surface area (Å²) >= 11 is 3.40. The summed E-state index contributed by atoms with van der Waals surface area (Å²) in [5.74, 6) is 1.42. The molecule has 1 fully saturated rings. The number of benzene rings is 1. The van der Waals surface area contributed by atoms with Gasteiger partial charge in [-0.1, -0.05) is 22.0 Å². The number of aromatic nitrogens is 3. The fourth-order valence-corrected chi connectivity index (χ4v) is 2.66. The van der Waals surface area contributed by atoms with E-state index in [1.165, 1.54) is 6.42 Å². The molecule has 2 heterocycles. The highest BCUT2D eigenvalue weighted by Crippen LogP contribution is 2.24. The van der Waals surface area contributed by atoms with Gasteiger partial charge in [0.25, 0.3) is 0 Å². The Bertz CT molecular complexity index is 631. The van der Waals surface area contributed by atoms with Crippen LogP contribution in [-0.4, -0.2) is 28.0 Å². The number of halogens is 1. The van der Waals surface area contributed by atoms with Gasteiger partial charge in [0.15, 0.2) is 0 Å². The normalized spacial score (nSPS) is 15.0. The SMILES string of the molecule is Nc1nc(Oc2cccc(Br)c2)nc(N2CCCCC2)n1. The molecule has 1 saturated heterocycles. The summed E-state index contributed by atoms with van der Waals surface area (Å²) in [7, 11) is 0. The van der Waals surface area contributed by atoms with E-state index in [1.54, 1.807) is 0 Å². The zero-order chi connectivity index (χ0) is 14.7. The van der Waals surface area contributed by atoms with Gasteiger partial charge >= 0.3 is 6.01 Å². The van der Waals surface area contributed by atoms with Crippen LogP contribution in [0.25, 0.3) is 0 Å². The molecule has 1 aliphatic rings. The van der Waals surface area contributed by atoms with E-state index in [4.69, 9.17) is 10.5 Å². The number of ether oxygens (including phenoxy) is 1. The Morgan fingerprint density at radius 2 is 1.90 bits per heavy atom. The maximum absolute atomic E-state index is 5.77. The molecule has 21 heavy (non-hydrogen) atoms. The highest BCUT2D eigenvalue weighted by molar-refractivity contribution is 9.10. The highest BCUT2D eigenvalue weighted by Gasteiger charge is 2.16. The molecule has 0 amide bonds. The van der Waals surface area contributed by atoms with Crippen LogP contribution in [0.2, 0.25) is 0 Å². The van der Waals surface area contributed by atoms with Crippen LogP contribution in [0.3, 0.4) is 0 Å². The summed E-state index contributed by atoms with van der Waals surface area (Å²) in [5, 5.41) is 0. The Morgan fingerprint density at radius 3 is 2.67 bits per heavy atom. The summed E-state index contributed by atoms with van der Waals surface area (Å²) in [6.45, 7) is 1.89. The number of nitrogen functional groups attached to an aromatic ring is 1. The number of nitrogens with two attached hydrogens (primary N) is 1. The average molecular weight is 350 g/mol. The zero-order valence-electron chi connectivity index (χ0n) is 11.5. The van der Waals surface area contributed by atoms with E-state index < -0.39 is 0 Å². The molecule has 110 valence electrons. The first-order valence-electron chi connectivity index (χ1n) is 6.90. The fraction of sp³-hybridized carbons (Fsp3) is 0.357. The largest absolute Gasteiger partial charge is 0.424 e. The van der Waals surface area contributed by atoms with Gasteiger partial charge in [-0.25, -0.2) is 0 Å². The molecule has 0 atom stereocenters. The lowest BCUT2D eigenvalue weighted by Crippen LogP contribution is -2.31. The first kappa shape index (κ1) is 14.1. The van der Waals surface area contributed by atoms with E-state index in [0.717, 1.165) is 30.4 Å². The molecule has 1 aromatic carbocycles. The molecule has 3 rings (SSSR count). The minimum atomic E-state index is 0.176. The smallest absolute Gasteiger partial charge is 0.328 e. The second-order valence-electron chi connectivity index (χ2n) is 4.88. The van der Waals surface area contributed by atoms with Gasteiger partial charge in [-0.2, -0.15) is 15.0 Å². The third-order valence-electron chi connectivity index (χ3n) is 3.26. The maximum atomic E-state index is 5.77. The first-order valence-corrected chi connectivity index (χ1v) is 7.70. The number of piperidine rings is 1. The van der Waals surface area contributed by atoms with Crippen LogP contribution >= 0.6 is 15.9 Å². The maximum Gasteiger partial charge on any atom is 0.328 e. The Hall–Kier alpha value is -1.89. The van der Waals surface area contributed by atoms with Crippen LogP contribution in [0.5, 0.6) is 11.8 Å². The van der Waals surface area contributed by atoms with E-state index in [1.807, 2.05) is 24.3 Å². The Kier molecular flexibility index (Phi) is 4.19. The molecular formula is C14H16BrN5O. The van der Waals surface area contributed by atoms with Gasteiger partial charge in [-0.05, 0) is 37.5 Å². The molecule has 0 spiro atoms. The lowest BCUT2D eigenvalue weighted by atomic mass is 10.1. The second-order valence-corrected chi connectivity index (χ2v) is 5.80. The minimum absolute atomic E-state index is 0.176. The first-order chi connectivity index (χ1) is 10.2. The Labute approximate surface area is 131 Å².